The van der Waals surface area contributed by atoms with E-state index in [0.29, 0.717) is 34.9 Å². The average Bonchev–Trinajstić information content (AvgIpc) is 3.19. The number of carbonyl (C=O) groups excluding carboxylic acids is 1. The number of hydrogen-bond donors (Lipinski definition) is 1. The first-order valence-electron chi connectivity index (χ1n) is 12.0. The molecule has 5 rings (SSSR count). The van der Waals surface area contributed by atoms with Gasteiger partial charge in [0, 0.05) is 17.8 Å². The fourth-order valence-electron chi connectivity index (χ4n) is 4.39. The third kappa shape index (κ3) is 4.98. The highest BCUT2D eigenvalue weighted by molar-refractivity contribution is 8.00. The van der Waals surface area contributed by atoms with Crippen LogP contribution in [-0.4, -0.2) is 26.3 Å². The van der Waals surface area contributed by atoms with Gasteiger partial charge in [-0.2, -0.15) is 0 Å². The highest BCUT2D eigenvalue weighted by Crippen LogP contribution is 2.38. The highest BCUT2D eigenvalue weighted by atomic mass is 32.2. The summed E-state index contributed by atoms with van der Waals surface area (Å²) in [6.07, 6.45) is 0.665. The molecule has 0 fully saturated rings. The number of ether oxygens (including phenoxy) is 1. The van der Waals surface area contributed by atoms with Crippen LogP contribution >= 0.6 is 23.1 Å². The Morgan fingerprint density at radius 3 is 2.75 bits per heavy atom. The van der Waals surface area contributed by atoms with E-state index in [4.69, 9.17) is 9.72 Å². The SMILES string of the molecule is Cc1cccc(-n2c(S[C@H](C)C(=O)NCc3ccccc3)nc3sc4c(c3c2=O)CC(C)(C)OC4)c1. The normalized spacial score (nSPS) is 15.4. The largest absolute Gasteiger partial charge is 0.370 e. The van der Waals surface area contributed by atoms with E-state index >= 15 is 0 Å². The number of rotatable bonds is 6. The van der Waals surface area contributed by atoms with E-state index in [1.54, 1.807) is 4.57 Å². The van der Waals surface area contributed by atoms with Gasteiger partial charge >= 0.3 is 0 Å². The van der Waals surface area contributed by atoms with Crippen LogP contribution in [0.3, 0.4) is 0 Å². The molecule has 3 heterocycles. The van der Waals surface area contributed by atoms with Gasteiger partial charge in [0.1, 0.15) is 4.83 Å². The van der Waals surface area contributed by atoms with Crippen LogP contribution < -0.4 is 10.9 Å². The van der Waals surface area contributed by atoms with Crippen LogP contribution in [0.2, 0.25) is 0 Å². The zero-order valence-corrected chi connectivity index (χ0v) is 22.5. The molecule has 0 radical (unpaired) electrons. The first-order chi connectivity index (χ1) is 17.2. The van der Waals surface area contributed by atoms with Crippen LogP contribution in [0.4, 0.5) is 0 Å². The Morgan fingerprint density at radius 2 is 2.00 bits per heavy atom. The predicted octanol–water partition coefficient (Wildman–Crippen LogP) is 5.40. The molecule has 186 valence electrons. The molecule has 8 heteroatoms. The molecule has 0 bridgehead atoms. The van der Waals surface area contributed by atoms with Crippen molar-refractivity contribution in [3.05, 3.63) is 86.5 Å². The Labute approximate surface area is 218 Å². The molecule has 4 aromatic rings. The van der Waals surface area contributed by atoms with Crippen molar-refractivity contribution in [2.45, 2.75) is 63.3 Å². The van der Waals surface area contributed by atoms with Crippen LogP contribution in [0, 0.1) is 6.92 Å². The Morgan fingerprint density at radius 1 is 1.22 bits per heavy atom. The number of amides is 1. The van der Waals surface area contributed by atoms with E-state index < -0.39 is 5.25 Å². The molecule has 2 aromatic heterocycles. The summed E-state index contributed by atoms with van der Waals surface area (Å²) >= 11 is 2.82. The Hall–Kier alpha value is -2.94. The maximum absolute atomic E-state index is 14.0. The minimum Gasteiger partial charge on any atom is -0.370 e. The van der Waals surface area contributed by atoms with Crippen molar-refractivity contribution < 1.29 is 9.53 Å². The van der Waals surface area contributed by atoms with Crippen LogP contribution in [0.5, 0.6) is 0 Å². The van der Waals surface area contributed by atoms with E-state index in [2.05, 4.69) is 5.32 Å². The van der Waals surface area contributed by atoms with Crippen molar-refractivity contribution in [1.82, 2.24) is 14.9 Å². The number of carbonyl (C=O) groups is 1. The molecule has 1 N–H and O–H groups in total. The molecular weight excluding hydrogens is 490 g/mol. The lowest BCUT2D eigenvalue weighted by molar-refractivity contribution is -0.120. The predicted molar refractivity (Wildman–Crippen MR) is 146 cm³/mol. The van der Waals surface area contributed by atoms with Crippen molar-refractivity contribution in [1.29, 1.82) is 0 Å². The lowest BCUT2D eigenvalue weighted by Gasteiger charge is -2.30. The van der Waals surface area contributed by atoms with Crippen molar-refractivity contribution >= 4 is 39.2 Å². The van der Waals surface area contributed by atoms with Gasteiger partial charge in [0.25, 0.3) is 5.56 Å². The summed E-state index contributed by atoms with van der Waals surface area (Å²) in [6.45, 7) is 8.87. The van der Waals surface area contributed by atoms with E-state index in [-0.39, 0.29) is 17.1 Å². The van der Waals surface area contributed by atoms with Crippen LogP contribution in [-0.2, 0) is 29.1 Å². The fourth-order valence-corrected chi connectivity index (χ4v) is 6.48. The summed E-state index contributed by atoms with van der Waals surface area (Å²) in [5.41, 5.74) is 3.44. The summed E-state index contributed by atoms with van der Waals surface area (Å²) in [6, 6.07) is 17.6. The number of thiophene rings is 1. The van der Waals surface area contributed by atoms with Gasteiger partial charge in [-0.3, -0.25) is 14.2 Å². The molecule has 0 spiro atoms. The second-order valence-electron chi connectivity index (χ2n) is 9.75. The summed E-state index contributed by atoms with van der Waals surface area (Å²) < 4.78 is 7.66. The van der Waals surface area contributed by atoms with Gasteiger partial charge < -0.3 is 10.1 Å². The topological polar surface area (TPSA) is 73.2 Å². The van der Waals surface area contributed by atoms with Crippen molar-refractivity contribution in [2.24, 2.45) is 0 Å². The number of aryl methyl sites for hydroxylation is 1. The number of thioether (sulfide) groups is 1. The van der Waals surface area contributed by atoms with Gasteiger partial charge in [-0.25, -0.2) is 4.98 Å². The zero-order chi connectivity index (χ0) is 25.4. The minimum atomic E-state index is -0.439. The summed E-state index contributed by atoms with van der Waals surface area (Å²) in [5, 5.41) is 3.74. The van der Waals surface area contributed by atoms with E-state index in [1.165, 1.54) is 23.1 Å². The van der Waals surface area contributed by atoms with Gasteiger partial charge in [-0.15, -0.1) is 11.3 Å². The molecule has 0 unspecified atom stereocenters. The second kappa shape index (κ2) is 9.84. The quantitative estimate of drug-likeness (QED) is 0.273. The fraction of sp³-hybridized carbons (Fsp3) is 0.321. The summed E-state index contributed by atoms with van der Waals surface area (Å²) in [7, 11) is 0. The maximum Gasteiger partial charge on any atom is 0.267 e. The van der Waals surface area contributed by atoms with Gasteiger partial charge in [0.15, 0.2) is 5.16 Å². The number of aromatic nitrogens is 2. The van der Waals surface area contributed by atoms with Gasteiger partial charge in [-0.1, -0.05) is 54.2 Å². The third-order valence-electron chi connectivity index (χ3n) is 6.29. The number of benzene rings is 2. The molecule has 1 atom stereocenters. The Balaban J connectivity index is 1.54. The maximum atomic E-state index is 14.0. The molecule has 36 heavy (non-hydrogen) atoms. The molecule has 2 aromatic carbocycles. The molecule has 1 aliphatic heterocycles. The number of nitrogens with one attached hydrogen (secondary N) is 1. The monoisotopic (exact) mass is 519 g/mol. The Kier molecular flexibility index (Phi) is 6.76. The molecule has 6 nitrogen and oxygen atoms in total. The molecule has 0 saturated carbocycles. The summed E-state index contributed by atoms with van der Waals surface area (Å²) in [4.78, 5) is 33.7. The van der Waals surface area contributed by atoms with Crippen molar-refractivity contribution in [3.63, 3.8) is 0 Å². The molecular formula is C28H29N3O3S2. The highest BCUT2D eigenvalue weighted by Gasteiger charge is 2.32. The molecule has 0 saturated heterocycles. The van der Waals surface area contributed by atoms with Crippen molar-refractivity contribution in [2.75, 3.05) is 0 Å². The first kappa shape index (κ1) is 24.7. The third-order valence-corrected chi connectivity index (χ3v) is 8.45. The van der Waals surface area contributed by atoms with Crippen LogP contribution in [0.1, 0.15) is 42.3 Å². The van der Waals surface area contributed by atoms with E-state index in [1.807, 2.05) is 82.3 Å². The molecule has 0 aliphatic carbocycles. The van der Waals surface area contributed by atoms with Gasteiger partial charge in [0.05, 0.1) is 28.5 Å². The summed E-state index contributed by atoms with van der Waals surface area (Å²) in [5.74, 6) is -0.102. The molecule has 1 aliphatic rings. The van der Waals surface area contributed by atoms with Crippen LogP contribution in [0.15, 0.2) is 64.5 Å². The average molecular weight is 520 g/mol. The zero-order valence-electron chi connectivity index (χ0n) is 20.8. The number of nitrogens with zero attached hydrogens (tertiary/aromatic N) is 2. The van der Waals surface area contributed by atoms with E-state index in [0.717, 1.165) is 27.3 Å². The van der Waals surface area contributed by atoms with Gasteiger partial charge in [0.2, 0.25) is 5.91 Å². The second-order valence-corrected chi connectivity index (χ2v) is 12.1. The minimum absolute atomic E-state index is 0.0970. The standard InChI is InChI=1S/C28H29N3O3S2/c1-17-9-8-12-20(13-17)31-26(33)23-21-14-28(3,4)34-16-22(21)36-25(23)30-27(31)35-18(2)24(32)29-15-19-10-6-5-7-11-19/h5-13,18H,14-16H2,1-4H3,(H,29,32)/t18-/m1/s1. The number of fused-ring (bicyclic) bond motifs is 3. The van der Waals surface area contributed by atoms with Crippen LogP contribution in [0.25, 0.3) is 15.9 Å². The Bertz CT molecular complexity index is 1490. The van der Waals surface area contributed by atoms with Gasteiger partial charge in [-0.05, 0) is 56.5 Å². The van der Waals surface area contributed by atoms with E-state index in [9.17, 15) is 9.59 Å². The molecule has 1 amide bonds. The first-order valence-corrected chi connectivity index (χ1v) is 13.7. The lowest BCUT2D eigenvalue weighted by atomic mass is 9.94. The number of hydrogen-bond acceptors (Lipinski definition) is 6. The lowest BCUT2D eigenvalue weighted by Crippen LogP contribution is -2.32. The van der Waals surface area contributed by atoms with Crippen molar-refractivity contribution in [3.8, 4) is 5.69 Å². The smallest absolute Gasteiger partial charge is 0.267 e.